The van der Waals surface area contributed by atoms with Crippen LogP contribution < -0.4 is 0 Å². The average molecular weight is 150 g/mol. The van der Waals surface area contributed by atoms with E-state index in [0.29, 0.717) is 11.3 Å². The fraction of sp³-hybridized carbons (Fsp3) is 0.636. The highest BCUT2D eigenvalue weighted by Crippen LogP contribution is 2.36. The van der Waals surface area contributed by atoms with Crippen LogP contribution in [0.15, 0.2) is 23.3 Å². The van der Waals surface area contributed by atoms with Crippen molar-refractivity contribution in [3.05, 3.63) is 23.3 Å². The standard InChI is InChI=1S/C11H18/c1-8-6-7-10(9(8)2)11(3,4)5/h6-8H,1-5H3. The van der Waals surface area contributed by atoms with E-state index >= 15 is 0 Å². The molecule has 0 heterocycles. The second kappa shape index (κ2) is 2.51. The van der Waals surface area contributed by atoms with Gasteiger partial charge in [-0.2, -0.15) is 0 Å². The number of rotatable bonds is 0. The van der Waals surface area contributed by atoms with Crippen molar-refractivity contribution >= 4 is 0 Å². The van der Waals surface area contributed by atoms with Crippen molar-refractivity contribution in [1.29, 1.82) is 0 Å². The molecule has 0 radical (unpaired) electrons. The maximum absolute atomic E-state index is 2.29. The second-order valence-electron chi connectivity index (χ2n) is 4.49. The highest BCUT2D eigenvalue weighted by atomic mass is 14.3. The van der Waals surface area contributed by atoms with Gasteiger partial charge in [-0.15, -0.1) is 0 Å². The lowest BCUT2D eigenvalue weighted by Gasteiger charge is -2.21. The van der Waals surface area contributed by atoms with Crippen molar-refractivity contribution in [2.75, 3.05) is 0 Å². The molecular weight excluding hydrogens is 132 g/mol. The SMILES string of the molecule is CC1=C(C(C)(C)C)C=CC1C. The van der Waals surface area contributed by atoms with Gasteiger partial charge in [0.15, 0.2) is 0 Å². The lowest BCUT2D eigenvalue weighted by molar-refractivity contribution is 0.511. The van der Waals surface area contributed by atoms with E-state index in [2.05, 4.69) is 46.8 Å². The van der Waals surface area contributed by atoms with Crippen molar-refractivity contribution in [2.24, 2.45) is 11.3 Å². The Morgan fingerprint density at radius 3 is 2.00 bits per heavy atom. The Morgan fingerprint density at radius 1 is 1.27 bits per heavy atom. The summed E-state index contributed by atoms with van der Waals surface area (Å²) in [5, 5.41) is 0. The van der Waals surface area contributed by atoms with Crippen LogP contribution >= 0.6 is 0 Å². The van der Waals surface area contributed by atoms with Crippen molar-refractivity contribution in [3.8, 4) is 0 Å². The summed E-state index contributed by atoms with van der Waals surface area (Å²) in [6.07, 6.45) is 4.57. The predicted molar refractivity (Wildman–Crippen MR) is 50.5 cm³/mol. The Hall–Kier alpha value is -0.520. The maximum Gasteiger partial charge on any atom is -0.00452 e. The summed E-state index contributed by atoms with van der Waals surface area (Å²) in [5.41, 5.74) is 3.38. The topological polar surface area (TPSA) is 0 Å². The lowest BCUT2D eigenvalue weighted by Crippen LogP contribution is -2.08. The number of allylic oxidation sites excluding steroid dienone is 4. The molecule has 0 amide bonds. The molecule has 1 rings (SSSR count). The molecule has 0 aliphatic heterocycles. The normalized spacial score (nSPS) is 25.0. The van der Waals surface area contributed by atoms with Crippen molar-refractivity contribution in [1.82, 2.24) is 0 Å². The zero-order valence-corrected chi connectivity index (χ0v) is 8.23. The van der Waals surface area contributed by atoms with Gasteiger partial charge in [0, 0.05) is 0 Å². The first-order valence-electron chi connectivity index (χ1n) is 4.32. The van der Waals surface area contributed by atoms with Gasteiger partial charge in [-0.25, -0.2) is 0 Å². The largest absolute Gasteiger partial charge is 0.0773 e. The molecule has 1 aliphatic carbocycles. The van der Waals surface area contributed by atoms with E-state index < -0.39 is 0 Å². The Bertz CT molecular complexity index is 211. The first-order chi connectivity index (χ1) is 4.93. The van der Waals surface area contributed by atoms with E-state index in [1.165, 1.54) is 11.1 Å². The van der Waals surface area contributed by atoms with Crippen molar-refractivity contribution in [3.63, 3.8) is 0 Å². The van der Waals surface area contributed by atoms with Crippen LogP contribution in [0, 0.1) is 11.3 Å². The first-order valence-corrected chi connectivity index (χ1v) is 4.32. The van der Waals surface area contributed by atoms with Crippen LogP contribution in [-0.2, 0) is 0 Å². The number of hydrogen-bond acceptors (Lipinski definition) is 0. The van der Waals surface area contributed by atoms with Crippen molar-refractivity contribution in [2.45, 2.75) is 34.6 Å². The highest BCUT2D eigenvalue weighted by Gasteiger charge is 2.22. The Labute approximate surface area is 70.0 Å². The smallest absolute Gasteiger partial charge is 0.00452 e. The van der Waals surface area contributed by atoms with Gasteiger partial charge in [0.05, 0.1) is 0 Å². The van der Waals surface area contributed by atoms with Gasteiger partial charge in [0.1, 0.15) is 0 Å². The molecule has 0 N–H and O–H groups in total. The molecule has 0 heteroatoms. The van der Waals surface area contributed by atoms with E-state index in [4.69, 9.17) is 0 Å². The summed E-state index contributed by atoms with van der Waals surface area (Å²) in [5.74, 6) is 0.657. The Morgan fingerprint density at radius 2 is 1.82 bits per heavy atom. The van der Waals surface area contributed by atoms with Crippen LogP contribution in [0.3, 0.4) is 0 Å². The first kappa shape index (κ1) is 8.58. The molecule has 62 valence electrons. The molecular formula is C11H18. The van der Waals surface area contributed by atoms with Crippen LogP contribution in [0.1, 0.15) is 34.6 Å². The van der Waals surface area contributed by atoms with E-state index in [0.717, 1.165) is 0 Å². The molecule has 1 atom stereocenters. The molecule has 0 aromatic rings. The summed E-state index contributed by atoms with van der Waals surface area (Å²) in [6.45, 7) is 11.3. The van der Waals surface area contributed by atoms with Gasteiger partial charge < -0.3 is 0 Å². The summed E-state index contributed by atoms with van der Waals surface area (Å²) in [4.78, 5) is 0. The second-order valence-corrected chi connectivity index (χ2v) is 4.49. The minimum atomic E-state index is 0.325. The average Bonchev–Trinajstić information content (AvgIpc) is 2.11. The van der Waals surface area contributed by atoms with Gasteiger partial charge in [0.2, 0.25) is 0 Å². The monoisotopic (exact) mass is 150 g/mol. The van der Waals surface area contributed by atoms with Gasteiger partial charge in [0.25, 0.3) is 0 Å². The molecule has 0 fully saturated rings. The molecule has 0 nitrogen and oxygen atoms in total. The van der Waals surface area contributed by atoms with Gasteiger partial charge in [-0.1, -0.05) is 45.4 Å². The van der Waals surface area contributed by atoms with Crippen LogP contribution in [0.2, 0.25) is 0 Å². The zero-order valence-electron chi connectivity index (χ0n) is 8.23. The molecule has 0 aromatic heterocycles. The molecule has 1 unspecified atom stereocenters. The van der Waals surface area contributed by atoms with Crippen LogP contribution in [-0.4, -0.2) is 0 Å². The molecule has 0 saturated carbocycles. The van der Waals surface area contributed by atoms with E-state index in [1.54, 1.807) is 0 Å². The molecule has 0 aromatic carbocycles. The molecule has 0 bridgehead atoms. The fourth-order valence-corrected chi connectivity index (χ4v) is 1.60. The van der Waals surface area contributed by atoms with Crippen molar-refractivity contribution < 1.29 is 0 Å². The zero-order chi connectivity index (χ0) is 8.65. The molecule has 11 heavy (non-hydrogen) atoms. The lowest BCUT2D eigenvalue weighted by atomic mass is 9.84. The van der Waals surface area contributed by atoms with Crippen LogP contribution in [0.25, 0.3) is 0 Å². The van der Waals surface area contributed by atoms with Crippen LogP contribution in [0.5, 0.6) is 0 Å². The summed E-state index contributed by atoms with van der Waals surface area (Å²) < 4.78 is 0. The Balaban J connectivity index is 2.98. The van der Waals surface area contributed by atoms with Crippen LogP contribution in [0.4, 0.5) is 0 Å². The summed E-state index contributed by atoms with van der Waals surface area (Å²) >= 11 is 0. The minimum Gasteiger partial charge on any atom is -0.0773 e. The van der Waals surface area contributed by atoms with Gasteiger partial charge in [-0.3, -0.25) is 0 Å². The third-order valence-electron chi connectivity index (χ3n) is 2.47. The fourth-order valence-electron chi connectivity index (χ4n) is 1.60. The summed E-state index contributed by atoms with van der Waals surface area (Å²) in [7, 11) is 0. The maximum atomic E-state index is 2.29. The van der Waals surface area contributed by atoms with E-state index in [1.807, 2.05) is 0 Å². The molecule has 0 spiro atoms. The third kappa shape index (κ3) is 1.55. The minimum absolute atomic E-state index is 0.325. The van der Waals surface area contributed by atoms with E-state index in [9.17, 15) is 0 Å². The quantitative estimate of drug-likeness (QED) is 0.495. The highest BCUT2D eigenvalue weighted by molar-refractivity contribution is 5.38. The van der Waals surface area contributed by atoms with Gasteiger partial charge >= 0.3 is 0 Å². The summed E-state index contributed by atoms with van der Waals surface area (Å²) in [6, 6.07) is 0. The van der Waals surface area contributed by atoms with Gasteiger partial charge in [-0.05, 0) is 23.8 Å². The molecule has 1 aliphatic rings. The predicted octanol–water partition coefficient (Wildman–Crippen LogP) is 3.55. The third-order valence-corrected chi connectivity index (χ3v) is 2.47. The molecule has 0 saturated heterocycles. The Kier molecular flexibility index (Phi) is 1.96. The number of hydrogen-bond donors (Lipinski definition) is 0. The van der Waals surface area contributed by atoms with E-state index in [-0.39, 0.29) is 0 Å².